The molecular weight excluding hydrogens is 360 g/mol. The van der Waals surface area contributed by atoms with E-state index in [0.29, 0.717) is 18.7 Å². The van der Waals surface area contributed by atoms with Crippen LogP contribution >= 0.6 is 0 Å². The Balaban J connectivity index is 1.92. The van der Waals surface area contributed by atoms with E-state index < -0.39 is 16.7 Å². The number of esters is 1. The molecule has 0 heterocycles. The van der Waals surface area contributed by atoms with Gasteiger partial charge in [0.15, 0.2) is 5.78 Å². The van der Waals surface area contributed by atoms with Gasteiger partial charge in [0, 0.05) is 25.2 Å². The first kappa shape index (κ1) is 21.0. The second-order valence-electron chi connectivity index (χ2n) is 6.21. The molecule has 28 heavy (non-hydrogen) atoms. The lowest BCUT2D eigenvalue weighted by atomic mass is 10.1. The predicted molar refractivity (Wildman–Crippen MR) is 106 cm³/mol. The number of nitrogens with one attached hydrogen (secondary N) is 1. The zero-order valence-electron chi connectivity index (χ0n) is 15.8. The van der Waals surface area contributed by atoms with E-state index in [0.717, 1.165) is 5.56 Å². The standard InChI is InChI=1S/C21H22N2O5/c1-15-6-3-4-8-18(15)14-22-10-11-28-21(25)20(16(2)24)13-17-7-5-9-19(12-17)23(26)27/h3-9,12-13,22H,10-11,14H2,1-2H3/b20-13+. The summed E-state index contributed by atoms with van der Waals surface area (Å²) in [5.74, 6) is -1.22. The molecule has 0 unspecified atom stereocenters. The minimum atomic E-state index is -0.753. The second-order valence-corrected chi connectivity index (χ2v) is 6.21. The Labute approximate surface area is 163 Å². The maximum atomic E-state index is 12.2. The summed E-state index contributed by atoms with van der Waals surface area (Å²) in [4.78, 5) is 34.3. The number of hydrogen-bond acceptors (Lipinski definition) is 6. The normalized spacial score (nSPS) is 11.1. The van der Waals surface area contributed by atoms with Crippen molar-refractivity contribution in [1.29, 1.82) is 0 Å². The molecule has 0 atom stereocenters. The van der Waals surface area contributed by atoms with Gasteiger partial charge >= 0.3 is 5.97 Å². The van der Waals surface area contributed by atoms with E-state index in [1.165, 1.54) is 36.8 Å². The molecule has 7 nitrogen and oxygen atoms in total. The third kappa shape index (κ3) is 6.14. The zero-order chi connectivity index (χ0) is 20.5. The number of Topliss-reactive ketones (excluding diaryl/α,β-unsaturated/α-hetero) is 1. The van der Waals surface area contributed by atoms with E-state index in [1.54, 1.807) is 6.07 Å². The first-order valence-electron chi connectivity index (χ1n) is 8.78. The Bertz CT molecular complexity index is 905. The summed E-state index contributed by atoms with van der Waals surface area (Å²) >= 11 is 0. The molecule has 0 spiro atoms. The lowest BCUT2D eigenvalue weighted by Gasteiger charge is -2.09. The maximum absolute atomic E-state index is 12.2. The van der Waals surface area contributed by atoms with E-state index >= 15 is 0 Å². The summed E-state index contributed by atoms with van der Waals surface area (Å²) < 4.78 is 5.16. The van der Waals surface area contributed by atoms with Crippen molar-refractivity contribution in [2.75, 3.05) is 13.2 Å². The quantitative estimate of drug-likeness (QED) is 0.136. The molecule has 0 aliphatic rings. The molecule has 7 heteroatoms. The first-order chi connectivity index (χ1) is 13.4. The van der Waals surface area contributed by atoms with Crippen molar-refractivity contribution in [1.82, 2.24) is 5.32 Å². The summed E-state index contributed by atoms with van der Waals surface area (Å²) in [6, 6.07) is 13.7. The van der Waals surface area contributed by atoms with Crippen LogP contribution in [0.15, 0.2) is 54.1 Å². The van der Waals surface area contributed by atoms with Gasteiger partial charge in [0.1, 0.15) is 12.2 Å². The van der Waals surface area contributed by atoms with Crippen LogP contribution in [0.3, 0.4) is 0 Å². The number of nitrogens with zero attached hydrogens (tertiary/aromatic N) is 1. The molecule has 0 amide bonds. The Morgan fingerprint density at radius 3 is 2.61 bits per heavy atom. The third-order valence-electron chi connectivity index (χ3n) is 4.08. The topological polar surface area (TPSA) is 98.5 Å². The van der Waals surface area contributed by atoms with Gasteiger partial charge in [-0.15, -0.1) is 0 Å². The number of hydrogen-bond donors (Lipinski definition) is 1. The fourth-order valence-electron chi connectivity index (χ4n) is 2.52. The number of ether oxygens (including phenoxy) is 1. The minimum Gasteiger partial charge on any atom is -0.461 e. The van der Waals surface area contributed by atoms with E-state index in [9.17, 15) is 19.7 Å². The molecule has 0 bridgehead atoms. The largest absolute Gasteiger partial charge is 0.461 e. The van der Waals surface area contributed by atoms with Crippen molar-refractivity contribution in [3.05, 3.63) is 80.9 Å². The number of nitro benzene ring substituents is 1. The number of rotatable bonds is 9. The fraction of sp³-hybridized carbons (Fsp3) is 0.238. The molecule has 0 fully saturated rings. The van der Waals surface area contributed by atoms with Gasteiger partial charge in [0.05, 0.1) is 4.92 Å². The Morgan fingerprint density at radius 2 is 1.93 bits per heavy atom. The van der Waals surface area contributed by atoms with Crippen molar-refractivity contribution in [2.24, 2.45) is 0 Å². The van der Waals surface area contributed by atoms with E-state index in [4.69, 9.17) is 4.74 Å². The Kier molecular flexibility index (Phi) is 7.59. The van der Waals surface area contributed by atoms with Crippen LogP contribution in [0.2, 0.25) is 0 Å². The number of benzene rings is 2. The maximum Gasteiger partial charge on any atom is 0.341 e. The van der Waals surface area contributed by atoms with Crippen LogP contribution in [0.25, 0.3) is 6.08 Å². The van der Waals surface area contributed by atoms with Gasteiger partial charge in [0.2, 0.25) is 0 Å². The lowest BCUT2D eigenvalue weighted by molar-refractivity contribution is -0.384. The highest BCUT2D eigenvalue weighted by molar-refractivity contribution is 6.19. The van der Waals surface area contributed by atoms with Gasteiger partial charge < -0.3 is 10.1 Å². The number of non-ortho nitro benzene ring substituents is 1. The summed E-state index contributed by atoms with van der Waals surface area (Å²) in [7, 11) is 0. The van der Waals surface area contributed by atoms with E-state index in [2.05, 4.69) is 5.32 Å². The molecule has 0 saturated heterocycles. The molecule has 0 radical (unpaired) electrons. The van der Waals surface area contributed by atoms with Crippen LogP contribution < -0.4 is 5.32 Å². The van der Waals surface area contributed by atoms with Crippen LogP contribution in [0.4, 0.5) is 5.69 Å². The Morgan fingerprint density at radius 1 is 1.18 bits per heavy atom. The minimum absolute atomic E-state index is 0.101. The molecule has 0 aromatic heterocycles. The molecular formula is C21H22N2O5. The van der Waals surface area contributed by atoms with Gasteiger partial charge in [0.25, 0.3) is 5.69 Å². The monoisotopic (exact) mass is 382 g/mol. The predicted octanol–water partition coefficient (Wildman–Crippen LogP) is 3.21. The highest BCUT2D eigenvalue weighted by atomic mass is 16.6. The summed E-state index contributed by atoms with van der Waals surface area (Å²) in [5.41, 5.74) is 2.44. The van der Waals surface area contributed by atoms with E-state index in [1.807, 2.05) is 31.2 Å². The molecule has 2 aromatic rings. The van der Waals surface area contributed by atoms with Crippen molar-refractivity contribution >= 4 is 23.5 Å². The summed E-state index contributed by atoms with van der Waals surface area (Å²) in [5, 5.41) is 14.0. The molecule has 1 N–H and O–H groups in total. The van der Waals surface area contributed by atoms with Crippen LogP contribution in [0.5, 0.6) is 0 Å². The number of aryl methyl sites for hydroxylation is 1. The van der Waals surface area contributed by atoms with Crippen molar-refractivity contribution < 1.29 is 19.2 Å². The van der Waals surface area contributed by atoms with Crippen molar-refractivity contribution in [3.63, 3.8) is 0 Å². The van der Waals surface area contributed by atoms with Crippen LogP contribution in [-0.2, 0) is 20.9 Å². The van der Waals surface area contributed by atoms with Crippen LogP contribution in [0, 0.1) is 17.0 Å². The number of ketones is 1. The van der Waals surface area contributed by atoms with Crippen LogP contribution in [0.1, 0.15) is 23.6 Å². The first-order valence-corrected chi connectivity index (χ1v) is 8.78. The summed E-state index contributed by atoms with van der Waals surface area (Å²) in [6.07, 6.45) is 1.30. The zero-order valence-corrected chi connectivity index (χ0v) is 15.8. The number of carbonyl (C=O) groups excluding carboxylic acids is 2. The fourth-order valence-corrected chi connectivity index (χ4v) is 2.52. The molecule has 0 aliphatic heterocycles. The summed E-state index contributed by atoms with van der Waals surface area (Å²) in [6.45, 7) is 4.45. The van der Waals surface area contributed by atoms with Gasteiger partial charge in [-0.1, -0.05) is 36.4 Å². The van der Waals surface area contributed by atoms with Gasteiger partial charge in [-0.2, -0.15) is 0 Å². The molecule has 0 aliphatic carbocycles. The van der Waals surface area contributed by atoms with Gasteiger partial charge in [-0.05, 0) is 36.6 Å². The average Bonchev–Trinajstić information content (AvgIpc) is 2.67. The second kappa shape index (κ2) is 10.1. The molecule has 0 saturated carbocycles. The van der Waals surface area contributed by atoms with Crippen LogP contribution in [-0.4, -0.2) is 29.8 Å². The highest BCUT2D eigenvalue weighted by Gasteiger charge is 2.16. The van der Waals surface area contributed by atoms with E-state index in [-0.39, 0.29) is 17.9 Å². The average molecular weight is 382 g/mol. The third-order valence-corrected chi connectivity index (χ3v) is 4.08. The lowest BCUT2D eigenvalue weighted by Crippen LogP contribution is -2.23. The number of nitro groups is 1. The van der Waals surface area contributed by atoms with Gasteiger partial charge in [-0.3, -0.25) is 14.9 Å². The smallest absolute Gasteiger partial charge is 0.341 e. The van der Waals surface area contributed by atoms with Crippen molar-refractivity contribution in [3.8, 4) is 0 Å². The number of carbonyl (C=O) groups is 2. The van der Waals surface area contributed by atoms with Crippen molar-refractivity contribution in [2.45, 2.75) is 20.4 Å². The molecule has 2 aromatic carbocycles. The van der Waals surface area contributed by atoms with Gasteiger partial charge in [-0.25, -0.2) is 4.79 Å². The molecule has 2 rings (SSSR count). The Hall–Kier alpha value is -3.32. The molecule has 146 valence electrons. The highest BCUT2D eigenvalue weighted by Crippen LogP contribution is 2.16. The SMILES string of the molecule is CC(=O)/C(=C\c1cccc([N+](=O)[O-])c1)C(=O)OCCNCc1ccccc1C.